The van der Waals surface area contributed by atoms with E-state index >= 15 is 0 Å². The van der Waals surface area contributed by atoms with Crippen LogP contribution in [0.2, 0.25) is 0 Å². The van der Waals surface area contributed by atoms with Crippen molar-refractivity contribution in [3.05, 3.63) is 107 Å². The predicted molar refractivity (Wildman–Crippen MR) is 113 cm³/mol. The highest BCUT2D eigenvalue weighted by molar-refractivity contribution is 5.86. The molecule has 0 radical (unpaired) electrons. The molecule has 0 amide bonds. The molecule has 1 heterocycles. The zero-order valence-corrected chi connectivity index (χ0v) is 16.1. The van der Waals surface area contributed by atoms with E-state index in [1.54, 1.807) is 0 Å². The molecule has 0 saturated carbocycles. The average molecular weight is 369 g/mol. The van der Waals surface area contributed by atoms with Crippen molar-refractivity contribution in [1.82, 2.24) is 0 Å². The first-order valence-corrected chi connectivity index (χ1v) is 9.44. The standard InChI is InChI=1S/C25H23NO2/c1-18-17-21-15-9-10-16-22(21)26(23(18)19-11-5-3-6-12-19)24(25(27)28-2)20-13-7-4-8-14-20/h3-17,23-24H,1-2H3/t23-,24+/m1/s1. The van der Waals surface area contributed by atoms with Gasteiger partial charge in [0.25, 0.3) is 0 Å². The smallest absolute Gasteiger partial charge is 0.333 e. The van der Waals surface area contributed by atoms with Gasteiger partial charge in [-0.25, -0.2) is 4.79 Å². The highest BCUT2D eigenvalue weighted by Crippen LogP contribution is 2.45. The number of rotatable bonds is 4. The van der Waals surface area contributed by atoms with Crippen LogP contribution in [0.1, 0.15) is 35.7 Å². The van der Waals surface area contributed by atoms with Crippen molar-refractivity contribution in [2.45, 2.75) is 19.0 Å². The highest BCUT2D eigenvalue weighted by Gasteiger charge is 2.38. The zero-order valence-electron chi connectivity index (χ0n) is 16.1. The molecule has 0 aliphatic carbocycles. The molecule has 3 aromatic carbocycles. The number of ether oxygens (including phenoxy) is 1. The van der Waals surface area contributed by atoms with Crippen LogP contribution in [0.4, 0.5) is 5.69 Å². The molecule has 0 aromatic heterocycles. The fraction of sp³-hybridized carbons (Fsp3) is 0.160. The molecule has 0 fully saturated rings. The average Bonchev–Trinajstić information content (AvgIpc) is 2.75. The molecule has 140 valence electrons. The molecule has 0 bridgehead atoms. The van der Waals surface area contributed by atoms with Gasteiger partial charge in [0.05, 0.1) is 13.2 Å². The van der Waals surface area contributed by atoms with Gasteiger partial charge in [-0.05, 0) is 35.3 Å². The summed E-state index contributed by atoms with van der Waals surface area (Å²) >= 11 is 0. The van der Waals surface area contributed by atoms with Gasteiger partial charge >= 0.3 is 5.97 Å². The van der Waals surface area contributed by atoms with Gasteiger partial charge in [-0.1, -0.05) is 84.9 Å². The summed E-state index contributed by atoms with van der Waals surface area (Å²) in [5.41, 5.74) is 5.39. The Bertz CT molecular complexity index is 995. The van der Waals surface area contributed by atoms with Crippen molar-refractivity contribution >= 4 is 17.7 Å². The molecule has 0 unspecified atom stereocenters. The molecule has 28 heavy (non-hydrogen) atoms. The van der Waals surface area contributed by atoms with E-state index in [1.165, 1.54) is 12.7 Å². The predicted octanol–water partition coefficient (Wildman–Crippen LogP) is 5.57. The van der Waals surface area contributed by atoms with Crippen LogP contribution < -0.4 is 4.90 Å². The van der Waals surface area contributed by atoms with Crippen molar-refractivity contribution in [3.63, 3.8) is 0 Å². The fourth-order valence-corrected chi connectivity index (χ4v) is 4.03. The summed E-state index contributed by atoms with van der Waals surface area (Å²) in [6.07, 6.45) is 2.21. The number of esters is 1. The lowest BCUT2D eigenvalue weighted by Crippen LogP contribution is -2.40. The van der Waals surface area contributed by atoms with Gasteiger partial charge in [0, 0.05) is 5.69 Å². The topological polar surface area (TPSA) is 29.5 Å². The minimum absolute atomic E-state index is 0.0552. The van der Waals surface area contributed by atoms with E-state index in [1.807, 2.05) is 60.7 Å². The van der Waals surface area contributed by atoms with Crippen LogP contribution in [0.25, 0.3) is 6.08 Å². The molecular weight excluding hydrogens is 346 g/mol. The molecule has 0 saturated heterocycles. The minimum Gasteiger partial charge on any atom is -0.467 e. The highest BCUT2D eigenvalue weighted by atomic mass is 16.5. The summed E-state index contributed by atoms with van der Waals surface area (Å²) in [5, 5.41) is 0. The van der Waals surface area contributed by atoms with E-state index in [4.69, 9.17) is 4.74 Å². The summed E-state index contributed by atoms with van der Waals surface area (Å²) in [5.74, 6) is -0.267. The molecule has 0 spiro atoms. The Morgan fingerprint density at radius 2 is 1.50 bits per heavy atom. The van der Waals surface area contributed by atoms with Crippen molar-refractivity contribution in [3.8, 4) is 0 Å². The largest absolute Gasteiger partial charge is 0.467 e. The van der Waals surface area contributed by atoms with E-state index in [-0.39, 0.29) is 12.0 Å². The van der Waals surface area contributed by atoms with Crippen molar-refractivity contribution < 1.29 is 9.53 Å². The van der Waals surface area contributed by atoms with Gasteiger partial charge < -0.3 is 9.64 Å². The maximum absolute atomic E-state index is 13.0. The second-order valence-corrected chi connectivity index (χ2v) is 7.00. The number of benzene rings is 3. The lowest BCUT2D eigenvalue weighted by Gasteiger charge is -2.43. The van der Waals surface area contributed by atoms with Gasteiger partial charge in [0.2, 0.25) is 0 Å². The molecular formula is C25H23NO2. The third kappa shape index (κ3) is 3.20. The summed E-state index contributed by atoms with van der Waals surface area (Å²) in [6.45, 7) is 2.12. The Hall–Kier alpha value is -3.33. The number of hydrogen-bond acceptors (Lipinski definition) is 3. The molecule has 0 N–H and O–H groups in total. The first kappa shape index (κ1) is 18.1. The van der Waals surface area contributed by atoms with Gasteiger partial charge in [-0.2, -0.15) is 0 Å². The number of fused-ring (bicyclic) bond motifs is 1. The Morgan fingerprint density at radius 1 is 0.893 bits per heavy atom. The third-order valence-corrected chi connectivity index (χ3v) is 5.24. The van der Waals surface area contributed by atoms with Crippen molar-refractivity contribution in [2.24, 2.45) is 0 Å². The van der Waals surface area contributed by atoms with E-state index in [2.05, 4.69) is 42.2 Å². The molecule has 3 aromatic rings. The van der Waals surface area contributed by atoms with Gasteiger partial charge in [-0.15, -0.1) is 0 Å². The number of para-hydroxylation sites is 1. The van der Waals surface area contributed by atoms with E-state index in [0.29, 0.717) is 0 Å². The first-order valence-electron chi connectivity index (χ1n) is 9.44. The van der Waals surface area contributed by atoms with Crippen molar-refractivity contribution in [1.29, 1.82) is 0 Å². The number of methoxy groups -OCH3 is 1. The third-order valence-electron chi connectivity index (χ3n) is 5.24. The van der Waals surface area contributed by atoms with E-state index in [0.717, 1.165) is 22.4 Å². The normalized spacial score (nSPS) is 16.7. The molecule has 3 heteroatoms. The lowest BCUT2D eigenvalue weighted by atomic mass is 9.88. The molecule has 1 aliphatic rings. The number of carbonyl (C=O) groups is 1. The number of nitrogens with zero attached hydrogens (tertiary/aromatic N) is 1. The minimum atomic E-state index is -0.541. The van der Waals surface area contributed by atoms with Crippen LogP contribution in [-0.2, 0) is 9.53 Å². The molecule has 4 rings (SSSR count). The zero-order chi connectivity index (χ0) is 19.5. The SMILES string of the molecule is COC(=O)[C@H](c1ccccc1)N1c2ccccc2C=C(C)[C@@H]1c1ccccc1. The maximum atomic E-state index is 13.0. The fourth-order valence-electron chi connectivity index (χ4n) is 4.03. The molecule has 1 aliphatic heterocycles. The van der Waals surface area contributed by atoms with E-state index in [9.17, 15) is 4.79 Å². The van der Waals surface area contributed by atoms with Crippen LogP contribution in [0.5, 0.6) is 0 Å². The summed E-state index contributed by atoms with van der Waals surface area (Å²) < 4.78 is 5.25. The monoisotopic (exact) mass is 369 g/mol. The van der Waals surface area contributed by atoms with Crippen LogP contribution in [0.15, 0.2) is 90.5 Å². The first-order chi connectivity index (χ1) is 13.7. The second-order valence-electron chi connectivity index (χ2n) is 7.00. The number of hydrogen-bond donors (Lipinski definition) is 0. The van der Waals surface area contributed by atoms with Crippen LogP contribution in [-0.4, -0.2) is 13.1 Å². The Balaban J connectivity index is 1.95. The van der Waals surface area contributed by atoms with Gasteiger partial charge in [0.15, 0.2) is 6.04 Å². The van der Waals surface area contributed by atoms with Crippen molar-refractivity contribution in [2.75, 3.05) is 12.0 Å². The van der Waals surface area contributed by atoms with Gasteiger partial charge in [-0.3, -0.25) is 0 Å². The summed E-state index contributed by atoms with van der Waals surface area (Å²) in [7, 11) is 1.45. The number of carbonyl (C=O) groups excluding carboxylic acids is 1. The summed E-state index contributed by atoms with van der Waals surface area (Å²) in [6, 6.07) is 27.8. The lowest BCUT2D eigenvalue weighted by molar-refractivity contribution is -0.142. The molecule has 2 atom stereocenters. The van der Waals surface area contributed by atoms with Crippen LogP contribution in [0, 0.1) is 0 Å². The van der Waals surface area contributed by atoms with E-state index < -0.39 is 6.04 Å². The Kier molecular flexibility index (Phi) is 4.98. The summed E-state index contributed by atoms with van der Waals surface area (Å²) in [4.78, 5) is 15.2. The van der Waals surface area contributed by atoms with Crippen LogP contribution >= 0.6 is 0 Å². The quantitative estimate of drug-likeness (QED) is 0.564. The number of anilines is 1. The molecule has 3 nitrogen and oxygen atoms in total. The van der Waals surface area contributed by atoms with Gasteiger partial charge in [0.1, 0.15) is 0 Å². The van der Waals surface area contributed by atoms with Crippen LogP contribution in [0.3, 0.4) is 0 Å². The second kappa shape index (κ2) is 7.73. The Morgan fingerprint density at radius 3 is 2.18 bits per heavy atom. The maximum Gasteiger partial charge on any atom is 0.333 e. The Labute approximate surface area is 165 Å².